The van der Waals surface area contributed by atoms with Gasteiger partial charge in [-0.15, -0.1) is 0 Å². The molecule has 2 bridgehead atoms. The highest BCUT2D eigenvalue weighted by atomic mass is 35.5. The average Bonchev–Trinajstić information content (AvgIpc) is 2.81. The first-order chi connectivity index (χ1) is 9.15. The minimum Gasteiger partial charge on any atom is -0.307 e. The minimum absolute atomic E-state index is 0.224. The van der Waals surface area contributed by atoms with Gasteiger partial charge in [0.15, 0.2) is 0 Å². The van der Waals surface area contributed by atoms with Crippen LogP contribution in [-0.4, -0.2) is 6.04 Å². The Bertz CT molecular complexity index is 501. The molecule has 0 amide bonds. The molecule has 3 heteroatoms. The quantitative estimate of drug-likeness (QED) is 0.875. The summed E-state index contributed by atoms with van der Waals surface area (Å²) < 4.78 is 13.2. The van der Waals surface area contributed by atoms with Crippen molar-refractivity contribution in [3.05, 3.63) is 34.6 Å². The van der Waals surface area contributed by atoms with Crippen LogP contribution >= 0.6 is 11.6 Å². The summed E-state index contributed by atoms with van der Waals surface area (Å²) in [6, 6.07) is 6.01. The molecule has 5 atom stereocenters. The van der Waals surface area contributed by atoms with Crippen LogP contribution in [0.25, 0.3) is 0 Å². The second-order valence-electron chi connectivity index (χ2n) is 6.58. The molecule has 0 radical (unpaired) electrons. The largest absolute Gasteiger partial charge is 0.307 e. The molecule has 3 saturated carbocycles. The topological polar surface area (TPSA) is 12.0 Å². The molecule has 102 valence electrons. The minimum atomic E-state index is -0.334. The fraction of sp³-hybridized carbons (Fsp3) is 0.625. The zero-order chi connectivity index (χ0) is 13.1. The van der Waals surface area contributed by atoms with Gasteiger partial charge in [0.2, 0.25) is 0 Å². The lowest BCUT2D eigenvalue weighted by Gasteiger charge is -2.17. The molecule has 0 heterocycles. The van der Waals surface area contributed by atoms with Crippen LogP contribution in [0.1, 0.15) is 37.8 Å². The molecule has 0 spiro atoms. The van der Waals surface area contributed by atoms with E-state index in [4.69, 9.17) is 11.6 Å². The number of benzene rings is 1. The Labute approximate surface area is 118 Å². The molecular formula is C16H19ClFN. The van der Waals surface area contributed by atoms with Crippen LogP contribution in [0.3, 0.4) is 0 Å². The predicted octanol–water partition coefficient (Wildman–Crippen LogP) is 4.17. The molecule has 0 aliphatic heterocycles. The van der Waals surface area contributed by atoms with E-state index in [0.29, 0.717) is 6.04 Å². The Morgan fingerprint density at radius 3 is 2.58 bits per heavy atom. The molecule has 1 nitrogen and oxygen atoms in total. The van der Waals surface area contributed by atoms with Gasteiger partial charge in [0.1, 0.15) is 5.82 Å². The Kier molecular flexibility index (Phi) is 2.69. The highest BCUT2D eigenvalue weighted by Crippen LogP contribution is 2.65. The Hall–Kier alpha value is -0.600. The van der Waals surface area contributed by atoms with Gasteiger partial charge in [-0.3, -0.25) is 0 Å². The molecule has 0 aromatic heterocycles. The molecule has 5 unspecified atom stereocenters. The molecule has 1 aromatic rings. The molecule has 3 aliphatic carbocycles. The summed E-state index contributed by atoms with van der Waals surface area (Å²) in [6.45, 7) is 2.15. The van der Waals surface area contributed by atoms with Crippen molar-refractivity contribution >= 4 is 11.6 Å². The van der Waals surface area contributed by atoms with Gasteiger partial charge < -0.3 is 5.32 Å². The summed E-state index contributed by atoms with van der Waals surface area (Å²) in [5, 5.41) is 3.96. The zero-order valence-corrected chi connectivity index (χ0v) is 11.8. The summed E-state index contributed by atoms with van der Waals surface area (Å²) in [4.78, 5) is 0. The van der Waals surface area contributed by atoms with Gasteiger partial charge in [-0.05, 0) is 67.6 Å². The molecular weight excluding hydrogens is 261 g/mol. The highest BCUT2D eigenvalue weighted by Gasteiger charge is 2.64. The maximum atomic E-state index is 13.2. The summed E-state index contributed by atoms with van der Waals surface area (Å²) >= 11 is 5.86. The Morgan fingerprint density at radius 1 is 1.26 bits per heavy atom. The van der Waals surface area contributed by atoms with Gasteiger partial charge >= 0.3 is 0 Å². The lowest BCUT2D eigenvalue weighted by Crippen LogP contribution is -2.26. The lowest BCUT2D eigenvalue weighted by atomic mass is 10.0. The normalized spacial score (nSPS) is 40.3. The molecule has 1 aromatic carbocycles. The van der Waals surface area contributed by atoms with E-state index >= 15 is 0 Å². The average molecular weight is 280 g/mol. The van der Waals surface area contributed by atoms with Gasteiger partial charge in [0.25, 0.3) is 0 Å². The van der Waals surface area contributed by atoms with E-state index in [1.54, 1.807) is 6.07 Å². The van der Waals surface area contributed by atoms with Crippen LogP contribution < -0.4 is 5.32 Å². The van der Waals surface area contributed by atoms with Crippen molar-refractivity contribution in [2.75, 3.05) is 0 Å². The second-order valence-corrected chi connectivity index (χ2v) is 6.98. The van der Waals surface area contributed by atoms with Gasteiger partial charge in [-0.25, -0.2) is 4.39 Å². The third-order valence-electron chi connectivity index (χ3n) is 5.62. The molecule has 4 rings (SSSR count). The number of halogens is 2. The molecule has 3 fully saturated rings. The Morgan fingerprint density at radius 2 is 1.95 bits per heavy atom. The lowest BCUT2D eigenvalue weighted by molar-refractivity contribution is 0.433. The fourth-order valence-corrected chi connectivity index (χ4v) is 4.90. The summed E-state index contributed by atoms with van der Waals surface area (Å²) in [5.41, 5.74) is 1.09. The molecule has 0 saturated heterocycles. The van der Waals surface area contributed by atoms with E-state index in [0.717, 1.165) is 29.2 Å². The van der Waals surface area contributed by atoms with E-state index in [1.165, 1.54) is 25.3 Å². The van der Waals surface area contributed by atoms with Gasteiger partial charge in [-0.1, -0.05) is 17.7 Å². The molecule has 1 N–H and O–H groups in total. The maximum absolute atomic E-state index is 13.2. The SMILES string of the molecule is CC(NC1C2C3CCC(C3)C12)c1ccc(F)c(Cl)c1. The van der Waals surface area contributed by atoms with Crippen molar-refractivity contribution in [1.82, 2.24) is 5.32 Å². The van der Waals surface area contributed by atoms with Crippen molar-refractivity contribution in [2.45, 2.75) is 38.3 Å². The number of rotatable bonds is 3. The first-order valence-corrected chi connectivity index (χ1v) is 7.74. The first-order valence-electron chi connectivity index (χ1n) is 7.36. The van der Waals surface area contributed by atoms with E-state index in [2.05, 4.69) is 12.2 Å². The molecule has 19 heavy (non-hydrogen) atoms. The van der Waals surface area contributed by atoms with Crippen molar-refractivity contribution in [3.63, 3.8) is 0 Å². The third kappa shape index (κ3) is 1.84. The number of hydrogen-bond donors (Lipinski definition) is 1. The van der Waals surface area contributed by atoms with Gasteiger partial charge in [0, 0.05) is 12.1 Å². The van der Waals surface area contributed by atoms with Crippen LogP contribution in [0.15, 0.2) is 18.2 Å². The van der Waals surface area contributed by atoms with Crippen LogP contribution in [-0.2, 0) is 0 Å². The van der Waals surface area contributed by atoms with Gasteiger partial charge in [0.05, 0.1) is 5.02 Å². The van der Waals surface area contributed by atoms with Crippen molar-refractivity contribution < 1.29 is 4.39 Å². The maximum Gasteiger partial charge on any atom is 0.141 e. The zero-order valence-electron chi connectivity index (χ0n) is 11.1. The van der Waals surface area contributed by atoms with Crippen molar-refractivity contribution in [2.24, 2.45) is 23.7 Å². The fourth-order valence-electron chi connectivity index (χ4n) is 4.71. The van der Waals surface area contributed by atoms with Crippen molar-refractivity contribution in [3.8, 4) is 0 Å². The summed E-state index contributed by atoms with van der Waals surface area (Å²) in [7, 11) is 0. The first kappa shape index (κ1) is 12.2. The van der Waals surface area contributed by atoms with Crippen LogP contribution in [0, 0.1) is 29.5 Å². The second kappa shape index (κ2) is 4.20. The highest BCUT2D eigenvalue weighted by molar-refractivity contribution is 6.30. The van der Waals surface area contributed by atoms with E-state index in [1.807, 2.05) is 6.07 Å². The monoisotopic (exact) mass is 279 g/mol. The standard InChI is InChI=1S/C16H19ClFN/c1-8(9-4-5-13(18)12(17)7-9)19-16-14-10-2-3-11(6-10)15(14)16/h4-5,7-8,10-11,14-16,19H,2-3,6H2,1H3. The summed E-state index contributed by atoms with van der Waals surface area (Å²) in [6.07, 6.45) is 4.37. The predicted molar refractivity (Wildman–Crippen MR) is 74.6 cm³/mol. The summed E-state index contributed by atoms with van der Waals surface area (Å²) in [5.74, 6) is 3.49. The Balaban J connectivity index is 1.45. The van der Waals surface area contributed by atoms with Crippen LogP contribution in [0.2, 0.25) is 5.02 Å². The molecule has 3 aliphatic rings. The number of hydrogen-bond acceptors (Lipinski definition) is 1. The van der Waals surface area contributed by atoms with E-state index < -0.39 is 0 Å². The third-order valence-corrected chi connectivity index (χ3v) is 5.91. The van der Waals surface area contributed by atoms with E-state index in [9.17, 15) is 4.39 Å². The number of fused-ring (bicyclic) bond motifs is 5. The van der Waals surface area contributed by atoms with Gasteiger partial charge in [-0.2, -0.15) is 0 Å². The van der Waals surface area contributed by atoms with Crippen LogP contribution in [0.5, 0.6) is 0 Å². The van der Waals surface area contributed by atoms with E-state index in [-0.39, 0.29) is 16.9 Å². The van der Waals surface area contributed by atoms with Crippen molar-refractivity contribution in [1.29, 1.82) is 0 Å². The number of nitrogens with one attached hydrogen (secondary N) is 1. The van der Waals surface area contributed by atoms with Crippen LogP contribution in [0.4, 0.5) is 4.39 Å². The smallest absolute Gasteiger partial charge is 0.141 e.